The summed E-state index contributed by atoms with van der Waals surface area (Å²) in [5, 5.41) is 0. The number of rotatable bonds is 14. The summed E-state index contributed by atoms with van der Waals surface area (Å²) in [7, 11) is 0. The van der Waals surface area contributed by atoms with Crippen LogP contribution in [-0.4, -0.2) is 37.0 Å². The molecule has 246 valence electrons. The van der Waals surface area contributed by atoms with Crippen LogP contribution in [0.5, 0.6) is 17.2 Å². The SMILES string of the molecule is CCOc1ccc(OC(=O)c2ccc(CCCC(=O)CCOC3CCC(C(=O)Oc4ccc(C)c(F)c4F)CC3)cc2)c(F)c1F. The van der Waals surface area contributed by atoms with Gasteiger partial charge in [0.2, 0.25) is 17.5 Å². The molecule has 0 atom stereocenters. The number of hydrogen-bond donors (Lipinski definition) is 0. The average Bonchev–Trinajstić information content (AvgIpc) is 3.05. The summed E-state index contributed by atoms with van der Waals surface area (Å²) >= 11 is 0. The summed E-state index contributed by atoms with van der Waals surface area (Å²) in [6, 6.07) is 11.4. The Balaban J connectivity index is 1.11. The fourth-order valence-electron chi connectivity index (χ4n) is 5.14. The van der Waals surface area contributed by atoms with Crippen LogP contribution in [0.25, 0.3) is 0 Å². The Morgan fingerprint density at radius 2 is 1.35 bits per heavy atom. The number of aryl methyl sites for hydroxylation is 2. The number of carbonyl (C=O) groups is 3. The first-order chi connectivity index (χ1) is 22.1. The van der Waals surface area contributed by atoms with E-state index in [1.54, 1.807) is 19.1 Å². The molecule has 0 aliphatic heterocycles. The second kappa shape index (κ2) is 16.4. The minimum atomic E-state index is -1.31. The van der Waals surface area contributed by atoms with Crippen molar-refractivity contribution in [1.82, 2.24) is 0 Å². The summed E-state index contributed by atoms with van der Waals surface area (Å²) in [4.78, 5) is 37.2. The van der Waals surface area contributed by atoms with Crippen LogP contribution in [0.15, 0.2) is 48.5 Å². The first kappa shape index (κ1) is 34.6. The molecule has 1 saturated carbocycles. The van der Waals surface area contributed by atoms with Crippen LogP contribution in [0.3, 0.4) is 0 Å². The highest BCUT2D eigenvalue weighted by atomic mass is 19.2. The van der Waals surface area contributed by atoms with Crippen molar-refractivity contribution in [2.75, 3.05) is 13.2 Å². The zero-order chi connectivity index (χ0) is 33.2. The highest BCUT2D eigenvalue weighted by molar-refractivity contribution is 5.91. The Hall–Kier alpha value is -4.25. The highest BCUT2D eigenvalue weighted by Crippen LogP contribution is 2.30. The fraction of sp³-hybridized carbons (Fsp3) is 0.400. The van der Waals surface area contributed by atoms with Crippen LogP contribution in [0.1, 0.15) is 73.4 Å². The summed E-state index contributed by atoms with van der Waals surface area (Å²) in [6.45, 7) is 3.48. The third-order valence-electron chi connectivity index (χ3n) is 7.82. The number of benzene rings is 3. The standard InChI is InChI=1S/C35H36F4O7/c1-3-43-27-17-18-29(33(39)31(27)37)46-34(41)23-10-8-22(9-11-23)5-4-6-25(40)19-20-44-26-14-12-24(13-15-26)35(42)45-28-16-7-21(2)30(36)32(28)38/h7-11,16-18,24,26H,3-6,12-15,19-20H2,1-2H3. The van der Waals surface area contributed by atoms with Crippen molar-refractivity contribution in [2.45, 2.75) is 71.3 Å². The normalized spacial score (nSPS) is 16.1. The van der Waals surface area contributed by atoms with Crippen LogP contribution < -0.4 is 14.2 Å². The first-order valence-corrected chi connectivity index (χ1v) is 15.3. The van der Waals surface area contributed by atoms with Gasteiger partial charge < -0.3 is 18.9 Å². The Kier molecular flexibility index (Phi) is 12.3. The number of ketones is 1. The Bertz CT molecular complexity index is 1530. The maximum atomic E-state index is 14.2. The van der Waals surface area contributed by atoms with Gasteiger partial charge in [-0.15, -0.1) is 0 Å². The zero-order valence-electron chi connectivity index (χ0n) is 25.7. The number of carbonyl (C=O) groups excluding carboxylic acids is 3. The number of hydrogen-bond acceptors (Lipinski definition) is 7. The van der Waals surface area contributed by atoms with Crippen molar-refractivity contribution >= 4 is 17.7 Å². The molecule has 11 heteroatoms. The largest absolute Gasteiger partial charge is 0.491 e. The molecule has 0 unspecified atom stereocenters. The van der Waals surface area contributed by atoms with Gasteiger partial charge in [-0.3, -0.25) is 9.59 Å². The van der Waals surface area contributed by atoms with E-state index >= 15 is 0 Å². The van der Waals surface area contributed by atoms with Gasteiger partial charge in [-0.25, -0.2) is 9.18 Å². The molecule has 0 radical (unpaired) electrons. The topological polar surface area (TPSA) is 88.1 Å². The molecule has 1 aliphatic carbocycles. The molecule has 7 nitrogen and oxygen atoms in total. The van der Waals surface area contributed by atoms with E-state index in [-0.39, 0.29) is 48.4 Å². The van der Waals surface area contributed by atoms with E-state index in [1.165, 1.54) is 37.3 Å². The van der Waals surface area contributed by atoms with Crippen molar-refractivity contribution in [3.8, 4) is 17.2 Å². The van der Waals surface area contributed by atoms with E-state index in [0.29, 0.717) is 44.9 Å². The van der Waals surface area contributed by atoms with Gasteiger partial charge in [-0.05, 0) is 93.8 Å². The van der Waals surface area contributed by atoms with Gasteiger partial charge in [-0.2, -0.15) is 13.2 Å². The average molecular weight is 645 g/mol. The van der Waals surface area contributed by atoms with Gasteiger partial charge in [0.1, 0.15) is 5.78 Å². The molecule has 1 aliphatic rings. The van der Waals surface area contributed by atoms with Crippen molar-refractivity contribution in [3.05, 3.63) is 88.5 Å². The third-order valence-corrected chi connectivity index (χ3v) is 7.82. The molecule has 0 spiro atoms. The highest BCUT2D eigenvalue weighted by Gasteiger charge is 2.29. The van der Waals surface area contributed by atoms with Gasteiger partial charge in [0.05, 0.1) is 30.8 Å². The van der Waals surface area contributed by atoms with Crippen molar-refractivity contribution in [3.63, 3.8) is 0 Å². The summed E-state index contributed by atoms with van der Waals surface area (Å²) < 4.78 is 77.0. The number of Topliss-reactive ketones (excluding diaryl/α,β-unsaturated/α-hetero) is 1. The Morgan fingerprint density at radius 3 is 2.04 bits per heavy atom. The van der Waals surface area contributed by atoms with E-state index in [0.717, 1.165) is 11.6 Å². The van der Waals surface area contributed by atoms with E-state index in [9.17, 15) is 31.9 Å². The lowest BCUT2D eigenvalue weighted by Crippen LogP contribution is -2.29. The van der Waals surface area contributed by atoms with E-state index in [1.807, 2.05) is 0 Å². The summed E-state index contributed by atoms with van der Waals surface area (Å²) in [5.74, 6) is -7.80. The number of halogens is 4. The quantitative estimate of drug-likeness (QED) is 0.101. The van der Waals surface area contributed by atoms with E-state index < -0.39 is 52.6 Å². The van der Waals surface area contributed by atoms with Gasteiger partial charge >= 0.3 is 11.9 Å². The summed E-state index contributed by atoms with van der Waals surface area (Å²) in [5.41, 5.74) is 1.18. The number of ether oxygens (including phenoxy) is 4. The van der Waals surface area contributed by atoms with E-state index in [4.69, 9.17) is 18.9 Å². The van der Waals surface area contributed by atoms with Crippen LogP contribution in [0.4, 0.5) is 17.6 Å². The monoisotopic (exact) mass is 644 g/mol. The molecule has 0 heterocycles. The van der Waals surface area contributed by atoms with Crippen LogP contribution in [0, 0.1) is 36.1 Å². The fourth-order valence-corrected chi connectivity index (χ4v) is 5.14. The Morgan fingerprint density at radius 1 is 0.739 bits per heavy atom. The predicted octanol–water partition coefficient (Wildman–Crippen LogP) is 7.63. The first-order valence-electron chi connectivity index (χ1n) is 15.3. The second-order valence-corrected chi connectivity index (χ2v) is 11.1. The maximum Gasteiger partial charge on any atom is 0.343 e. The molecular weight excluding hydrogens is 608 g/mol. The molecule has 3 aromatic carbocycles. The van der Waals surface area contributed by atoms with E-state index in [2.05, 4.69) is 0 Å². The van der Waals surface area contributed by atoms with Crippen molar-refractivity contribution < 1.29 is 50.9 Å². The smallest absolute Gasteiger partial charge is 0.343 e. The second-order valence-electron chi connectivity index (χ2n) is 11.1. The maximum absolute atomic E-state index is 14.2. The van der Waals surface area contributed by atoms with Crippen molar-refractivity contribution in [2.24, 2.45) is 5.92 Å². The zero-order valence-corrected chi connectivity index (χ0v) is 25.7. The lowest BCUT2D eigenvalue weighted by atomic mass is 9.87. The minimum absolute atomic E-state index is 0.0504. The summed E-state index contributed by atoms with van der Waals surface area (Å²) in [6.07, 6.45) is 3.86. The third kappa shape index (κ3) is 9.15. The van der Waals surface area contributed by atoms with Gasteiger partial charge in [-0.1, -0.05) is 18.2 Å². The van der Waals surface area contributed by atoms with Crippen LogP contribution in [0.2, 0.25) is 0 Å². The van der Waals surface area contributed by atoms with Crippen LogP contribution in [-0.2, 0) is 20.7 Å². The molecule has 0 bridgehead atoms. The Labute approximate surface area is 264 Å². The lowest BCUT2D eigenvalue weighted by Gasteiger charge is -2.27. The molecule has 0 N–H and O–H groups in total. The molecule has 3 aromatic rings. The molecule has 0 aromatic heterocycles. The van der Waals surface area contributed by atoms with Gasteiger partial charge in [0.25, 0.3) is 0 Å². The molecule has 4 rings (SSSR count). The number of esters is 2. The molecule has 0 amide bonds. The predicted molar refractivity (Wildman–Crippen MR) is 160 cm³/mol. The lowest BCUT2D eigenvalue weighted by molar-refractivity contribution is -0.141. The minimum Gasteiger partial charge on any atom is -0.491 e. The van der Waals surface area contributed by atoms with Crippen molar-refractivity contribution in [1.29, 1.82) is 0 Å². The molecule has 0 saturated heterocycles. The van der Waals surface area contributed by atoms with Gasteiger partial charge in [0, 0.05) is 12.8 Å². The van der Waals surface area contributed by atoms with Crippen LogP contribution >= 0.6 is 0 Å². The van der Waals surface area contributed by atoms with Gasteiger partial charge in [0.15, 0.2) is 23.1 Å². The molecule has 1 fully saturated rings. The molecular formula is C35H36F4O7. The molecule has 46 heavy (non-hydrogen) atoms.